The van der Waals surface area contributed by atoms with Gasteiger partial charge in [-0.25, -0.2) is 4.39 Å². The molecule has 2 rings (SSSR count). The van der Waals surface area contributed by atoms with Crippen molar-refractivity contribution in [2.24, 2.45) is 5.73 Å². The second-order valence-corrected chi connectivity index (χ2v) is 5.67. The first-order valence-corrected chi connectivity index (χ1v) is 7.41. The summed E-state index contributed by atoms with van der Waals surface area (Å²) in [6, 6.07) is 12.9. The molecule has 0 aliphatic carbocycles. The van der Waals surface area contributed by atoms with Crippen molar-refractivity contribution in [3.8, 4) is 0 Å². The lowest BCUT2D eigenvalue weighted by molar-refractivity contribution is 0.599. The summed E-state index contributed by atoms with van der Waals surface area (Å²) in [5.41, 5.74) is 7.52. The number of rotatable bonds is 5. The van der Waals surface area contributed by atoms with E-state index in [9.17, 15) is 4.39 Å². The molecule has 1 nitrogen and oxygen atoms in total. The number of hydrogen-bond acceptors (Lipinski definition) is 2. The molecule has 0 amide bonds. The standard InChI is InChI=1S/C15H15ClFNS/c16-13-4-1-12(2-5-13)10-19-15-6-3-11(7-8-18)9-14(15)17/h1-6,9H,7-8,10,18H2. The number of benzene rings is 2. The van der Waals surface area contributed by atoms with Crippen LogP contribution >= 0.6 is 23.4 Å². The van der Waals surface area contributed by atoms with Crippen LogP contribution in [0.4, 0.5) is 4.39 Å². The van der Waals surface area contributed by atoms with Crippen molar-refractivity contribution in [2.45, 2.75) is 17.1 Å². The Balaban J connectivity index is 2.01. The molecule has 0 saturated carbocycles. The molecule has 0 aliphatic heterocycles. The van der Waals surface area contributed by atoms with Crippen LogP contribution in [0.5, 0.6) is 0 Å². The van der Waals surface area contributed by atoms with E-state index in [0.717, 1.165) is 16.9 Å². The molecule has 0 saturated heterocycles. The number of halogens is 2. The highest BCUT2D eigenvalue weighted by atomic mass is 35.5. The monoisotopic (exact) mass is 295 g/mol. The van der Waals surface area contributed by atoms with E-state index in [-0.39, 0.29) is 5.82 Å². The van der Waals surface area contributed by atoms with E-state index in [1.165, 1.54) is 11.8 Å². The molecular formula is C15H15ClFNS. The maximum Gasteiger partial charge on any atom is 0.137 e. The molecule has 100 valence electrons. The highest BCUT2D eigenvalue weighted by Crippen LogP contribution is 2.26. The van der Waals surface area contributed by atoms with Gasteiger partial charge in [0.25, 0.3) is 0 Å². The predicted octanol–water partition coefficient (Wildman–Crippen LogP) is 4.27. The summed E-state index contributed by atoms with van der Waals surface area (Å²) in [5.74, 6) is 0.551. The minimum atomic E-state index is -0.176. The molecule has 0 heterocycles. The quantitative estimate of drug-likeness (QED) is 0.834. The summed E-state index contributed by atoms with van der Waals surface area (Å²) in [5, 5.41) is 0.714. The molecule has 0 aromatic heterocycles. The molecule has 0 aliphatic rings. The van der Waals surface area contributed by atoms with Gasteiger partial charge in [0.1, 0.15) is 5.82 Å². The molecule has 0 fully saturated rings. The minimum Gasteiger partial charge on any atom is -0.330 e. The first-order valence-electron chi connectivity index (χ1n) is 6.05. The molecular weight excluding hydrogens is 281 g/mol. The Labute approximate surface area is 122 Å². The Hall–Kier alpha value is -1.03. The van der Waals surface area contributed by atoms with E-state index < -0.39 is 0 Å². The fourth-order valence-electron chi connectivity index (χ4n) is 1.73. The van der Waals surface area contributed by atoms with Crippen LogP contribution in [0.1, 0.15) is 11.1 Å². The van der Waals surface area contributed by atoms with Gasteiger partial charge in [-0.2, -0.15) is 0 Å². The van der Waals surface area contributed by atoms with Crippen molar-refractivity contribution in [3.63, 3.8) is 0 Å². The van der Waals surface area contributed by atoms with Crippen LogP contribution in [-0.2, 0) is 12.2 Å². The molecule has 4 heteroatoms. The van der Waals surface area contributed by atoms with Gasteiger partial charge in [0.05, 0.1) is 0 Å². The van der Waals surface area contributed by atoms with Gasteiger partial charge >= 0.3 is 0 Å². The summed E-state index contributed by atoms with van der Waals surface area (Å²) < 4.78 is 13.9. The lowest BCUT2D eigenvalue weighted by Gasteiger charge is -2.06. The van der Waals surface area contributed by atoms with Crippen LogP contribution in [-0.4, -0.2) is 6.54 Å². The number of thioether (sulfide) groups is 1. The van der Waals surface area contributed by atoms with Crippen LogP contribution in [0.3, 0.4) is 0 Å². The van der Waals surface area contributed by atoms with Crippen molar-refractivity contribution in [2.75, 3.05) is 6.54 Å². The molecule has 0 radical (unpaired) electrons. The summed E-state index contributed by atoms with van der Waals surface area (Å²) >= 11 is 7.31. The zero-order valence-corrected chi connectivity index (χ0v) is 12.0. The Kier molecular flexibility index (Phi) is 5.25. The average Bonchev–Trinajstić information content (AvgIpc) is 2.40. The second kappa shape index (κ2) is 6.94. The largest absolute Gasteiger partial charge is 0.330 e. The van der Waals surface area contributed by atoms with Gasteiger partial charge in [0, 0.05) is 15.7 Å². The van der Waals surface area contributed by atoms with Crippen LogP contribution < -0.4 is 5.73 Å². The number of hydrogen-bond donors (Lipinski definition) is 1. The van der Waals surface area contributed by atoms with Gasteiger partial charge in [0.2, 0.25) is 0 Å². The molecule has 0 bridgehead atoms. The summed E-state index contributed by atoms with van der Waals surface area (Å²) in [7, 11) is 0. The predicted molar refractivity (Wildman–Crippen MR) is 80.2 cm³/mol. The van der Waals surface area contributed by atoms with Gasteiger partial charge in [0.15, 0.2) is 0 Å². The zero-order chi connectivity index (χ0) is 13.7. The third kappa shape index (κ3) is 4.23. The highest BCUT2D eigenvalue weighted by Gasteiger charge is 2.04. The first-order chi connectivity index (χ1) is 9.19. The van der Waals surface area contributed by atoms with E-state index in [2.05, 4.69) is 0 Å². The van der Waals surface area contributed by atoms with Crippen LogP contribution in [0.25, 0.3) is 0 Å². The Morgan fingerprint density at radius 1 is 1.05 bits per heavy atom. The SMILES string of the molecule is NCCc1ccc(SCc2ccc(Cl)cc2)c(F)c1. The summed E-state index contributed by atoms with van der Waals surface area (Å²) in [6.07, 6.45) is 0.707. The first kappa shape index (κ1) is 14.4. The van der Waals surface area contributed by atoms with Gasteiger partial charge in [-0.05, 0) is 48.4 Å². The molecule has 2 aromatic carbocycles. The van der Waals surface area contributed by atoms with Gasteiger partial charge < -0.3 is 5.73 Å². The molecule has 2 N–H and O–H groups in total. The number of nitrogens with two attached hydrogens (primary N) is 1. The maximum absolute atomic E-state index is 13.9. The molecule has 19 heavy (non-hydrogen) atoms. The zero-order valence-electron chi connectivity index (χ0n) is 10.4. The van der Waals surface area contributed by atoms with Crippen molar-refractivity contribution in [3.05, 3.63) is 64.4 Å². The molecule has 2 aromatic rings. The van der Waals surface area contributed by atoms with Crippen LogP contribution in [0.2, 0.25) is 5.02 Å². The van der Waals surface area contributed by atoms with E-state index in [1.807, 2.05) is 36.4 Å². The van der Waals surface area contributed by atoms with Crippen LogP contribution in [0, 0.1) is 5.82 Å². The van der Waals surface area contributed by atoms with Crippen molar-refractivity contribution in [1.82, 2.24) is 0 Å². The second-order valence-electron chi connectivity index (χ2n) is 4.22. The van der Waals surface area contributed by atoms with E-state index in [0.29, 0.717) is 22.9 Å². The lowest BCUT2D eigenvalue weighted by atomic mass is 10.1. The van der Waals surface area contributed by atoms with E-state index >= 15 is 0 Å². The Morgan fingerprint density at radius 3 is 2.37 bits per heavy atom. The van der Waals surface area contributed by atoms with Crippen molar-refractivity contribution in [1.29, 1.82) is 0 Å². The maximum atomic E-state index is 13.9. The van der Waals surface area contributed by atoms with Gasteiger partial charge in [-0.15, -0.1) is 11.8 Å². The van der Waals surface area contributed by atoms with Crippen LogP contribution in [0.15, 0.2) is 47.4 Å². The highest BCUT2D eigenvalue weighted by molar-refractivity contribution is 7.98. The molecule has 0 spiro atoms. The third-order valence-electron chi connectivity index (χ3n) is 2.74. The molecule has 0 atom stereocenters. The van der Waals surface area contributed by atoms with E-state index in [1.54, 1.807) is 6.07 Å². The fraction of sp³-hybridized carbons (Fsp3) is 0.200. The summed E-state index contributed by atoms with van der Waals surface area (Å²) in [4.78, 5) is 0.663. The van der Waals surface area contributed by atoms with Crippen molar-refractivity contribution >= 4 is 23.4 Å². The fourth-order valence-corrected chi connectivity index (χ4v) is 2.73. The third-order valence-corrected chi connectivity index (χ3v) is 4.11. The topological polar surface area (TPSA) is 26.0 Å². The molecule has 0 unspecified atom stereocenters. The smallest absolute Gasteiger partial charge is 0.137 e. The van der Waals surface area contributed by atoms with Gasteiger partial charge in [-0.1, -0.05) is 29.8 Å². The van der Waals surface area contributed by atoms with Gasteiger partial charge in [-0.3, -0.25) is 0 Å². The Bertz CT molecular complexity index is 542. The van der Waals surface area contributed by atoms with E-state index in [4.69, 9.17) is 17.3 Å². The average molecular weight is 296 g/mol. The van der Waals surface area contributed by atoms with Crippen molar-refractivity contribution < 1.29 is 4.39 Å². The lowest BCUT2D eigenvalue weighted by Crippen LogP contribution is -2.02. The minimum absolute atomic E-state index is 0.176. The Morgan fingerprint density at radius 2 is 1.74 bits per heavy atom. The summed E-state index contributed by atoms with van der Waals surface area (Å²) in [6.45, 7) is 0.538. The normalized spacial score (nSPS) is 10.7.